The van der Waals surface area contributed by atoms with Crippen LogP contribution in [0.25, 0.3) is 11.1 Å². The van der Waals surface area contributed by atoms with Gasteiger partial charge in [-0.3, -0.25) is 0 Å². The highest BCUT2D eigenvalue weighted by atomic mass is 35.5. The number of hydrogen-bond donors (Lipinski definition) is 2. The first kappa shape index (κ1) is 9.87. The zero-order valence-corrected chi connectivity index (χ0v) is 8.70. The van der Waals surface area contributed by atoms with Crippen LogP contribution in [0.3, 0.4) is 0 Å². The first-order chi connectivity index (χ1) is 7.18. The van der Waals surface area contributed by atoms with Crippen molar-refractivity contribution in [2.75, 3.05) is 5.73 Å². The van der Waals surface area contributed by atoms with Gasteiger partial charge < -0.3 is 10.8 Å². The van der Waals surface area contributed by atoms with Crippen molar-refractivity contribution in [3.8, 4) is 16.9 Å². The van der Waals surface area contributed by atoms with Crippen molar-refractivity contribution in [3.05, 3.63) is 47.5 Å². The lowest BCUT2D eigenvalue weighted by Crippen LogP contribution is -1.86. The molecule has 2 aromatic carbocycles. The molecule has 0 aliphatic carbocycles. The van der Waals surface area contributed by atoms with E-state index >= 15 is 0 Å². The van der Waals surface area contributed by atoms with Gasteiger partial charge in [-0.05, 0) is 29.8 Å². The molecule has 0 bridgehead atoms. The summed E-state index contributed by atoms with van der Waals surface area (Å²) in [6.07, 6.45) is 0. The van der Waals surface area contributed by atoms with Crippen molar-refractivity contribution in [1.29, 1.82) is 0 Å². The highest BCUT2D eigenvalue weighted by Crippen LogP contribution is 2.36. The number of benzene rings is 2. The Morgan fingerprint density at radius 2 is 1.80 bits per heavy atom. The van der Waals surface area contributed by atoms with Gasteiger partial charge in [0.15, 0.2) is 0 Å². The molecule has 0 saturated heterocycles. The molecule has 0 heterocycles. The zero-order chi connectivity index (χ0) is 10.8. The van der Waals surface area contributed by atoms with Crippen molar-refractivity contribution in [1.82, 2.24) is 0 Å². The number of anilines is 1. The number of rotatable bonds is 1. The SMILES string of the molecule is Nc1cccc(-c2c(O)cccc2Cl)c1. The van der Waals surface area contributed by atoms with Gasteiger partial charge in [0.05, 0.1) is 5.02 Å². The second kappa shape index (κ2) is 3.83. The molecule has 0 unspecified atom stereocenters. The van der Waals surface area contributed by atoms with Gasteiger partial charge >= 0.3 is 0 Å². The average molecular weight is 220 g/mol. The van der Waals surface area contributed by atoms with E-state index in [4.69, 9.17) is 17.3 Å². The molecule has 0 fully saturated rings. The molecule has 3 heteroatoms. The fraction of sp³-hybridized carbons (Fsp3) is 0. The van der Waals surface area contributed by atoms with Crippen LogP contribution >= 0.6 is 11.6 Å². The van der Waals surface area contributed by atoms with Gasteiger partial charge in [0.2, 0.25) is 0 Å². The molecule has 76 valence electrons. The summed E-state index contributed by atoms with van der Waals surface area (Å²) >= 11 is 6.02. The zero-order valence-electron chi connectivity index (χ0n) is 7.94. The van der Waals surface area contributed by atoms with Crippen LogP contribution in [0.5, 0.6) is 5.75 Å². The van der Waals surface area contributed by atoms with Crippen molar-refractivity contribution in [3.63, 3.8) is 0 Å². The Morgan fingerprint density at radius 1 is 1.07 bits per heavy atom. The molecule has 2 aromatic rings. The molecule has 0 aliphatic rings. The largest absolute Gasteiger partial charge is 0.507 e. The summed E-state index contributed by atoms with van der Waals surface area (Å²) in [5.74, 6) is 0.160. The highest BCUT2D eigenvalue weighted by molar-refractivity contribution is 6.33. The number of phenolic OH excluding ortho intramolecular Hbond substituents is 1. The molecular weight excluding hydrogens is 210 g/mol. The minimum Gasteiger partial charge on any atom is -0.507 e. The summed E-state index contributed by atoms with van der Waals surface area (Å²) in [4.78, 5) is 0. The van der Waals surface area contributed by atoms with Crippen molar-refractivity contribution in [2.24, 2.45) is 0 Å². The summed E-state index contributed by atoms with van der Waals surface area (Å²) in [5.41, 5.74) is 7.75. The predicted molar refractivity (Wildman–Crippen MR) is 63.0 cm³/mol. The second-order valence-electron chi connectivity index (χ2n) is 3.26. The molecule has 0 aromatic heterocycles. The predicted octanol–water partition coefficient (Wildman–Crippen LogP) is 3.29. The Hall–Kier alpha value is -1.67. The molecular formula is C12H10ClNO. The van der Waals surface area contributed by atoms with Gasteiger partial charge in [0, 0.05) is 11.3 Å². The monoisotopic (exact) mass is 219 g/mol. The molecule has 0 amide bonds. The number of nitrogens with two attached hydrogens (primary N) is 1. The summed E-state index contributed by atoms with van der Waals surface area (Å²) in [6, 6.07) is 12.3. The Balaban J connectivity index is 2.63. The number of halogens is 1. The first-order valence-electron chi connectivity index (χ1n) is 4.52. The lowest BCUT2D eigenvalue weighted by atomic mass is 10.0. The molecule has 0 saturated carbocycles. The molecule has 0 radical (unpaired) electrons. The third-order valence-electron chi connectivity index (χ3n) is 2.17. The van der Waals surface area contributed by atoms with E-state index in [-0.39, 0.29) is 5.75 Å². The number of phenols is 1. The Labute approximate surface area is 92.9 Å². The van der Waals surface area contributed by atoms with Gasteiger partial charge in [-0.2, -0.15) is 0 Å². The van der Waals surface area contributed by atoms with Crippen LogP contribution in [0, 0.1) is 0 Å². The maximum absolute atomic E-state index is 9.71. The van der Waals surface area contributed by atoms with Crippen molar-refractivity contribution in [2.45, 2.75) is 0 Å². The molecule has 2 rings (SSSR count). The van der Waals surface area contributed by atoms with Gasteiger partial charge in [0.25, 0.3) is 0 Å². The quantitative estimate of drug-likeness (QED) is 0.723. The van der Waals surface area contributed by atoms with Crippen molar-refractivity contribution < 1.29 is 5.11 Å². The minimum absolute atomic E-state index is 0.160. The van der Waals surface area contributed by atoms with E-state index in [1.165, 1.54) is 0 Å². The minimum atomic E-state index is 0.160. The Bertz CT molecular complexity index is 476. The van der Waals surface area contributed by atoms with E-state index in [2.05, 4.69) is 0 Å². The van der Waals surface area contributed by atoms with Crippen LogP contribution in [0.15, 0.2) is 42.5 Å². The summed E-state index contributed by atoms with van der Waals surface area (Å²) in [6.45, 7) is 0. The first-order valence-corrected chi connectivity index (χ1v) is 4.89. The average Bonchev–Trinajstić information content (AvgIpc) is 2.17. The smallest absolute Gasteiger partial charge is 0.124 e. The number of nitrogen functional groups attached to an aromatic ring is 1. The number of aromatic hydroxyl groups is 1. The van der Waals surface area contributed by atoms with E-state index in [1.807, 2.05) is 12.1 Å². The van der Waals surface area contributed by atoms with Crippen LogP contribution in [0.2, 0.25) is 5.02 Å². The van der Waals surface area contributed by atoms with Gasteiger partial charge in [-0.1, -0.05) is 29.8 Å². The van der Waals surface area contributed by atoms with Gasteiger partial charge in [0.1, 0.15) is 5.75 Å². The van der Waals surface area contributed by atoms with E-state index < -0.39 is 0 Å². The van der Waals surface area contributed by atoms with Crippen LogP contribution in [0.4, 0.5) is 5.69 Å². The maximum Gasteiger partial charge on any atom is 0.124 e. The topological polar surface area (TPSA) is 46.2 Å². The Morgan fingerprint density at radius 3 is 2.47 bits per heavy atom. The molecule has 3 N–H and O–H groups in total. The maximum atomic E-state index is 9.71. The fourth-order valence-corrected chi connectivity index (χ4v) is 1.77. The number of hydrogen-bond acceptors (Lipinski definition) is 2. The highest BCUT2D eigenvalue weighted by Gasteiger charge is 2.08. The lowest BCUT2D eigenvalue weighted by molar-refractivity contribution is 0.477. The molecule has 0 atom stereocenters. The molecule has 15 heavy (non-hydrogen) atoms. The van der Waals surface area contributed by atoms with Crippen LogP contribution < -0.4 is 5.73 Å². The van der Waals surface area contributed by atoms with Crippen LogP contribution in [-0.2, 0) is 0 Å². The second-order valence-corrected chi connectivity index (χ2v) is 3.67. The van der Waals surface area contributed by atoms with Crippen LogP contribution in [-0.4, -0.2) is 5.11 Å². The van der Waals surface area contributed by atoms with Crippen molar-refractivity contribution >= 4 is 17.3 Å². The molecule has 2 nitrogen and oxygen atoms in total. The summed E-state index contributed by atoms with van der Waals surface area (Å²) in [7, 11) is 0. The summed E-state index contributed by atoms with van der Waals surface area (Å²) < 4.78 is 0. The summed E-state index contributed by atoms with van der Waals surface area (Å²) in [5, 5.41) is 10.2. The van der Waals surface area contributed by atoms with E-state index in [0.717, 1.165) is 5.56 Å². The van der Waals surface area contributed by atoms with Crippen LogP contribution in [0.1, 0.15) is 0 Å². The standard InChI is InChI=1S/C12H10ClNO/c13-10-5-2-6-11(15)12(10)8-3-1-4-9(14)7-8/h1-7,15H,14H2. The lowest BCUT2D eigenvalue weighted by Gasteiger charge is -2.07. The fourth-order valence-electron chi connectivity index (χ4n) is 1.49. The van der Waals surface area contributed by atoms with Gasteiger partial charge in [-0.15, -0.1) is 0 Å². The third-order valence-corrected chi connectivity index (χ3v) is 2.48. The third kappa shape index (κ3) is 1.90. The molecule has 0 spiro atoms. The van der Waals surface area contributed by atoms with E-state index in [0.29, 0.717) is 16.3 Å². The normalized spacial score (nSPS) is 10.2. The molecule has 0 aliphatic heterocycles. The van der Waals surface area contributed by atoms with E-state index in [9.17, 15) is 5.11 Å². The Kier molecular flexibility index (Phi) is 2.52. The van der Waals surface area contributed by atoms with Gasteiger partial charge in [-0.25, -0.2) is 0 Å². The van der Waals surface area contributed by atoms with E-state index in [1.54, 1.807) is 30.3 Å².